The summed E-state index contributed by atoms with van der Waals surface area (Å²) in [6.07, 6.45) is 0. The molecule has 0 nitrogen and oxygen atoms in total. The maximum atomic E-state index is 2.53. The van der Waals surface area contributed by atoms with E-state index in [9.17, 15) is 0 Å². The van der Waals surface area contributed by atoms with E-state index in [-0.39, 0.29) is 15.7 Å². The molecule has 0 heterocycles. The van der Waals surface area contributed by atoms with Gasteiger partial charge in [-0.05, 0) is 84.7 Å². The van der Waals surface area contributed by atoms with E-state index in [0.717, 1.165) is 0 Å². The Balaban J connectivity index is 3.30. The molecule has 0 fully saturated rings. The van der Waals surface area contributed by atoms with Crippen LogP contribution in [0.25, 0.3) is 11.1 Å². The Bertz CT molecular complexity index is 987. The molecule has 0 saturated heterocycles. The van der Waals surface area contributed by atoms with Crippen LogP contribution in [-0.2, 0) is 5.41 Å². The minimum Gasteiger partial charge on any atom is -0.0633 e. The molecule has 1 heteroatoms. The van der Waals surface area contributed by atoms with Gasteiger partial charge in [-0.3, -0.25) is 0 Å². The van der Waals surface area contributed by atoms with Crippen LogP contribution in [0, 0.1) is 6.92 Å². The van der Waals surface area contributed by atoms with E-state index in [1.165, 1.54) is 33.4 Å². The summed E-state index contributed by atoms with van der Waals surface area (Å²) in [6, 6.07) is 9.92. The fourth-order valence-electron chi connectivity index (χ4n) is 5.78. The third kappa shape index (κ3) is 6.42. The molecule has 0 unspecified atom stereocenters. The van der Waals surface area contributed by atoms with Gasteiger partial charge in [0.25, 0.3) is 0 Å². The van der Waals surface area contributed by atoms with E-state index in [1.54, 1.807) is 10.9 Å². The Hall–Kier alpha value is -1.13. The van der Waals surface area contributed by atoms with Crippen LogP contribution in [-0.4, -0.2) is 10.3 Å². The highest BCUT2D eigenvalue weighted by atomic mass is 31.1. The molecule has 0 aromatic heterocycles. The second-order valence-electron chi connectivity index (χ2n) is 14.6. The van der Waals surface area contributed by atoms with Gasteiger partial charge < -0.3 is 0 Å². The molecule has 0 N–H and O–H groups in total. The molecule has 0 amide bonds. The highest BCUT2D eigenvalue weighted by Crippen LogP contribution is 2.61. The second kappa shape index (κ2) is 10.3. The Morgan fingerprint density at radius 1 is 0.600 bits per heavy atom. The molecule has 0 saturated carbocycles. The first-order chi connectivity index (χ1) is 15.7. The fourth-order valence-corrected chi connectivity index (χ4v) is 10.0. The van der Waals surface area contributed by atoms with Crippen LogP contribution in [0.1, 0.15) is 149 Å². The van der Waals surface area contributed by atoms with Crippen molar-refractivity contribution < 1.29 is 0 Å². The Morgan fingerprint density at radius 2 is 1.03 bits per heavy atom. The van der Waals surface area contributed by atoms with E-state index < -0.39 is 7.92 Å². The zero-order valence-corrected chi connectivity index (χ0v) is 26.9. The molecule has 0 atom stereocenters. The van der Waals surface area contributed by atoms with Gasteiger partial charge in [0, 0.05) is 0 Å². The van der Waals surface area contributed by atoms with Crippen molar-refractivity contribution in [2.24, 2.45) is 0 Å². The van der Waals surface area contributed by atoms with Gasteiger partial charge in [0.2, 0.25) is 0 Å². The maximum Gasteiger partial charge on any atom is -0.00607 e. The first kappa shape index (κ1) is 30.1. The molecule has 2 aromatic carbocycles. The summed E-state index contributed by atoms with van der Waals surface area (Å²) in [6.45, 7) is 38.5. The van der Waals surface area contributed by atoms with E-state index in [1.807, 2.05) is 0 Å². The minimum atomic E-state index is -0.450. The average Bonchev–Trinajstić information content (AvgIpc) is 2.65. The van der Waals surface area contributed by atoms with E-state index in [0.29, 0.717) is 17.8 Å². The van der Waals surface area contributed by atoms with Gasteiger partial charge in [-0.25, -0.2) is 0 Å². The molecule has 0 aliphatic carbocycles. The van der Waals surface area contributed by atoms with Gasteiger partial charge in [0.1, 0.15) is 0 Å². The molecule has 196 valence electrons. The van der Waals surface area contributed by atoms with Gasteiger partial charge in [0.15, 0.2) is 0 Å². The third-order valence-electron chi connectivity index (χ3n) is 7.14. The summed E-state index contributed by atoms with van der Waals surface area (Å²) < 4.78 is 0. The van der Waals surface area contributed by atoms with E-state index in [2.05, 4.69) is 135 Å². The van der Waals surface area contributed by atoms with Gasteiger partial charge in [-0.2, -0.15) is 0 Å². The number of rotatable bonds is 5. The van der Waals surface area contributed by atoms with Crippen molar-refractivity contribution in [1.82, 2.24) is 0 Å². The summed E-state index contributed by atoms with van der Waals surface area (Å²) in [5.74, 6) is 1.47. The zero-order valence-electron chi connectivity index (χ0n) is 26.0. The van der Waals surface area contributed by atoms with Gasteiger partial charge in [0.05, 0.1) is 0 Å². The van der Waals surface area contributed by atoms with E-state index in [4.69, 9.17) is 0 Å². The molecule has 2 rings (SSSR count). The number of hydrogen-bond acceptors (Lipinski definition) is 0. The SMILES string of the molecule is Cc1ccc(C(C)(C)C)c(-c2c(C(C)C)cc(C(C)C)cc2C(C)C)c1P(C(C)(C)C)C(C)(C)C. The second-order valence-corrected chi connectivity index (χ2v) is 18.4. The van der Waals surface area contributed by atoms with Crippen molar-refractivity contribution in [3.63, 3.8) is 0 Å². The monoisotopic (exact) mass is 494 g/mol. The summed E-state index contributed by atoms with van der Waals surface area (Å²) in [5, 5.41) is 2.04. The van der Waals surface area contributed by atoms with Crippen molar-refractivity contribution in [2.75, 3.05) is 0 Å². The molecule has 0 bridgehead atoms. The lowest BCUT2D eigenvalue weighted by Gasteiger charge is -2.45. The van der Waals surface area contributed by atoms with Crippen molar-refractivity contribution in [2.45, 2.75) is 144 Å². The van der Waals surface area contributed by atoms with Crippen LogP contribution in [0.2, 0.25) is 0 Å². The topological polar surface area (TPSA) is 0 Å². The largest absolute Gasteiger partial charge is 0.0633 e. The van der Waals surface area contributed by atoms with Crippen LogP contribution in [0.4, 0.5) is 0 Å². The van der Waals surface area contributed by atoms with Crippen LogP contribution in [0.15, 0.2) is 24.3 Å². The molecule has 0 spiro atoms. The standard InChI is InChI=1S/C34H55P/c1-21(2)25-19-26(22(3)4)29(27(20-25)23(5)6)30-28(32(8,9)10)18-17-24(7)31(30)35(33(11,12)13)34(14,15)16/h17-23H,1-16H3. The number of aryl methyl sites for hydroxylation is 1. The predicted molar refractivity (Wildman–Crippen MR) is 164 cm³/mol. The van der Waals surface area contributed by atoms with Crippen molar-refractivity contribution in [3.8, 4) is 11.1 Å². The molecule has 35 heavy (non-hydrogen) atoms. The number of benzene rings is 2. The highest BCUT2D eigenvalue weighted by molar-refractivity contribution is 7.69. The summed E-state index contributed by atoms with van der Waals surface area (Å²) in [7, 11) is -0.450. The zero-order chi connectivity index (χ0) is 27.3. The molecule has 0 aliphatic rings. The summed E-state index contributed by atoms with van der Waals surface area (Å²) >= 11 is 0. The number of hydrogen-bond donors (Lipinski definition) is 0. The van der Waals surface area contributed by atoms with E-state index >= 15 is 0 Å². The smallest absolute Gasteiger partial charge is 0.00607 e. The van der Waals surface area contributed by atoms with Crippen LogP contribution < -0.4 is 5.30 Å². The highest BCUT2D eigenvalue weighted by Gasteiger charge is 2.40. The van der Waals surface area contributed by atoms with Crippen LogP contribution >= 0.6 is 7.92 Å². The van der Waals surface area contributed by atoms with Crippen LogP contribution in [0.3, 0.4) is 0 Å². The van der Waals surface area contributed by atoms with Gasteiger partial charge in [-0.1, -0.05) is 136 Å². The van der Waals surface area contributed by atoms with Crippen molar-refractivity contribution in [3.05, 3.63) is 52.1 Å². The molecular weight excluding hydrogens is 439 g/mol. The van der Waals surface area contributed by atoms with Gasteiger partial charge >= 0.3 is 0 Å². The van der Waals surface area contributed by atoms with Crippen molar-refractivity contribution in [1.29, 1.82) is 0 Å². The lowest BCUT2D eigenvalue weighted by Crippen LogP contribution is -2.34. The molecule has 0 aliphatic heterocycles. The minimum absolute atomic E-state index is 0.0633. The summed E-state index contributed by atoms with van der Waals surface area (Å²) in [4.78, 5) is 0. The Labute approximate surface area is 220 Å². The lowest BCUT2D eigenvalue weighted by molar-refractivity contribution is 0.592. The normalized spacial score (nSPS) is 13.6. The first-order valence-corrected chi connectivity index (χ1v) is 15.2. The van der Waals surface area contributed by atoms with Crippen molar-refractivity contribution >= 4 is 13.2 Å². The molecule has 0 radical (unpaired) electrons. The third-order valence-corrected chi connectivity index (χ3v) is 10.8. The predicted octanol–water partition coefficient (Wildman–Crippen LogP) is 11.0. The first-order valence-electron chi connectivity index (χ1n) is 13.8. The molecular formula is C34H55P. The lowest BCUT2D eigenvalue weighted by atomic mass is 9.75. The fraction of sp³-hybridized carbons (Fsp3) is 0.647. The maximum absolute atomic E-state index is 2.53. The summed E-state index contributed by atoms with van der Waals surface area (Å²) in [5.41, 5.74) is 10.6. The average molecular weight is 495 g/mol. The van der Waals surface area contributed by atoms with Crippen LogP contribution in [0.5, 0.6) is 0 Å². The molecule has 2 aromatic rings. The quantitative estimate of drug-likeness (QED) is 0.363. The van der Waals surface area contributed by atoms with Gasteiger partial charge in [-0.15, -0.1) is 0 Å². The Morgan fingerprint density at radius 3 is 1.34 bits per heavy atom. The Kier molecular flexibility index (Phi) is 8.88.